The van der Waals surface area contributed by atoms with Crippen LogP contribution in [0.5, 0.6) is 0 Å². The molecule has 3 heterocycles. The summed E-state index contributed by atoms with van der Waals surface area (Å²) in [5.41, 5.74) is 6.95. The molecule has 0 bridgehead atoms. The highest BCUT2D eigenvalue weighted by Crippen LogP contribution is 2.34. The van der Waals surface area contributed by atoms with Crippen molar-refractivity contribution in [3.8, 4) is 0 Å². The number of hydrogen-bond acceptors (Lipinski definition) is 2. The van der Waals surface area contributed by atoms with Crippen molar-refractivity contribution in [3.63, 3.8) is 0 Å². The molecule has 0 saturated heterocycles. The van der Waals surface area contributed by atoms with Gasteiger partial charge in [0.15, 0.2) is 0 Å². The van der Waals surface area contributed by atoms with Gasteiger partial charge in [0.2, 0.25) is 0 Å². The van der Waals surface area contributed by atoms with Crippen LogP contribution in [-0.4, -0.2) is 11.5 Å². The molecule has 3 heteroatoms. The summed E-state index contributed by atoms with van der Waals surface area (Å²) >= 11 is 1.85. The van der Waals surface area contributed by atoms with Crippen molar-refractivity contribution >= 4 is 32.3 Å². The molecule has 2 N–H and O–H groups in total. The normalized spacial score (nSPS) is 17.5. The maximum absolute atomic E-state index is 3.73. The third-order valence-electron chi connectivity index (χ3n) is 5.19. The van der Waals surface area contributed by atoms with Crippen molar-refractivity contribution in [2.75, 3.05) is 6.54 Å². The van der Waals surface area contributed by atoms with Crippen LogP contribution in [0.4, 0.5) is 0 Å². The Bertz CT molecular complexity index is 1040. The fraction of sp³-hybridized carbons (Fsp3) is 0.238. The molecule has 0 aliphatic carbocycles. The number of H-pyrrole nitrogens is 1. The smallest absolute Gasteiger partial charge is 0.0517 e. The third kappa shape index (κ3) is 2.20. The van der Waals surface area contributed by atoms with Gasteiger partial charge in [-0.2, -0.15) is 0 Å². The van der Waals surface area contributed by atoms with Gasteiger partial charge < -0.3 is 10.3 Å². The summed E-state index contributed by atoms with van der Waals surface area (Å²) in [6.45, 7) is 3.23. The number of aryl methyl sites for hydroxylation is 1. The molecule has 1 unspecified atom stereocenters. The number of aromatic nitrogens is 1. The summed E-state index contributed by atoms with van der Waals surface area (Å²) in [6, 6.07) is 16.0. The molecule has 120 valence electrons. The monoisotopic (exact) mass is 332 g/mol. The van der Waals surface area contributed by atoms with Crippen LogP contribution in [0.1, 0.15) is 28.4 Å². The van der Waals surface area contributed by atoms with Gasteiger partial charge in [-0.3, -0.25) is 0 Å². The van der Waals surface area contributed by atoms with E-state index in [1.807, 2.05) is 11.3 Å². The number of fused-ring (bicyclic) bond motifs is 4. The van der Waals surface area contributed by atoms with E-state index in [0.717, 1.165) is 19.4 Å². The van der Waals surface area contributed by atoms with Crippen molar-refractivity contribution in [3.05, 3.63) is 70.2 Å². The predicted molar refractivity (Wildman–Crippen MR) is 103 cm³/mol. The average Bonchev–Trinajstić information content (AvgIpc) is 3.20. The quantitative estimate of drug-likeness (QED) is 0.524. The fourth-order valence-electron chi connectivity index (χ4n) is 4.03. The minimum Gasteiger partial charge on any atom is -0.357 e. The van der Waals surface area contributed by atoms with E-state index in [0.29, 0.717) is 6.04 Å². The zero-order valence-corrected chi connectivity index (χ0v) is 14.5. The first-order valence-corrected chi connectivity index (χ1v) is 9.47. The van der Waals surface area contributed by atoms with Crippen LogP contribution in [0.15, 0.2) is 47.8 Å². The van der Waals surface area contributed by atoms with E-state index in [9.17, 15) is 0 Å². The van der Waals surface area contributed by atoms with Crippen LogP contribution in [0, 0.1) is 6.92 Å². The molecule has 2 aromatic heterocycles. The van der Waals surface area contributed by atoms with Crippen LogP contribution in [-0.2, 0) is 12.8 Å². The summed E-state index contributed by atoms with van der Waals surface area (Å²) in [5.74, 6) is 0. The second-order valence-electron chi connectivity index (χ2n) is 6.78. The van der Waals surface area contributed by atoms with E-state index in [-0.39, 0.29) is 0 Å². The summed E-state index contributed by atoms with van der Waals surface area (Å²) in [7, 11) is 0. The fourth-order valence-corrected chi connectivity index (χ4v) is 4.96. The first-order valence-electron chi connectivity index (χ1n) is 8.59. The van der Waals surface area contributed by atoms with E-state index < -0.39 is 0 Å². The van der Waals surface area contributed by atoms with Gasteiger partial charge in [0.1, 0.15) is 0 Å². The van der Waals surface area contributed by atoms with Crippen molar-refractivity contribution in [1.29, 1.82) is 0 Å². The Balaban J connectivity index is 1.59. The minimum absolute atomic E-state index is 0.370. The first kappa shape index (κ1) is 14.3. The SMILES string of the molecule is Cc1ccc2[nH]c3c(c2c1)CCNC3Cc1cccc2ccsc12. The van der Waals surface area contributed by atoms with Crippen molar-refractivity contribution in [2.24, 2.45) is 0 Å². The zero-order valence-electron chi connectivity index (χ0n) is 13.7. The number of rotatable bonds is 2. The van der Waals surface area contributed by atoms with Gasteiger partial charge in [-0.05, 0) is 66.4 Å². The molecular weight excluding hydrogens is 312 g/mol. The van der Waals surface area contributed by atoms with Gasteiger partial charge in [-0.25, -0.2) is 0 Å². The van der Waals surface area contributed by atoms with Gasteiger partial charge >= 0.3 is 0 Å². The molecule has 0 saturated carbocycles. The van der Waals surface area contributed by atoms with Gasteiger partial charge in [-0.15, -0.1) is 11.3 Å². The molecule has 0 fully saturated rings. The number of benzene rings is 2. The summed E-state index contributed by atoms with van der Waals surface area (Å²) in [4.78, 5) is 3.70. The molecule has 4 aromatic rings. The van der Waals surface area contributed by atoms with E-state index in [4.69, 9.17) is 0 Å². The van der Waals surface area contributed by atoms with E-state index in [1.165, 1.54) is 43.4 Å². The Labute approximate surface area is 145 Å². The maximum Gasteiger partial charge on any atom is 0.0517 e. The number of thiophene rings is 1. The van der Waals surface area contributed by atoms with Crippen molar-refractivity contribution < 1.29 is 0 Å². The van der Waals surface area contributed by atoms with Gasteiger partial charge in [-0.1, -0.05) is 29.8 Å². The molecule has 2 aromatic carbocycles. The summed E-state index contributed by atoms with van der Waals surface area (Å²) in [5, 5.41) is 8.69. The van der Waals surface area contributed by atoms with Crippen LogP contribution >= 0.6 is 11.3 Å². The molecule has 1 aliphatic heterocycles. The van der Waals surface area contributed by atoms with E-state index in [1.54, 1.807) is 0 Å². The lowest BCUT2D eigenvalue weighted by atomic mass is 9.94. The average molecular weight is 332 g/mol. The molecule has 2 nitrogen and oxygen atoms in total. The highest BCUT2D eigenvalue weighted by atomic mass is 32.1. The van der Waals surface area contributed by atoms with E-state index in [2.05, 4.69) is 65.1 Å². The Morgan fingerprint density at radius 1 is 1.17 bits per heavy atom. The molecule has 5 rings (SSSR count). The molecule has 24 heavy (non-hydrogen) atoms. The Kier molecular flexibility index (Phi) is 3.25. The summed E-state index contributed by atoms with van der Waals surface area (Å²) in [6.07, 6.45) is 2.15. The highest BCUT2D eigenvalue weighted by molar-refractivity contribution is 7.17. The predicted octanol–water partition coefficient (Wildman–Crippen LogP) is 5.12. The lowest BCUT2D eigenvalue weighted by Crippen LogP contribution is -2.31. The Morgan fingerprint density at radius 2 is 2.12 bits per heavy atom. The van der Waals surface area contributed by atoms with Crippen LogP contribution < -0.4 is 5.32 Å². The molecule has 0 amide bonds. The standard InChI is InChI=1S/C21H20N2S/c1-13-5-6-18-17(11-13)16-7-9-22-19(20(16)23-18)12-15-4-2-3-14-8-10-24-21(14)15/h2-6,8,10-11,19,22-23H,7,9,12H2,1H3. The maximum atomic E-state index is 3.73. The lowest BCUT2D eigenvalue weighted by molar-refractivity contribution is 0.496. The zero-order chi connectivity index (χ0) is 16.1. The Hall–Kier alpha value is -2.10. The molecule has 0 spiro atoms. The number of hydrogen-bond donors (Lipinski definition) is 2. The van der Waals surface area contributed by atoms with Crippen LogP contribution in [0.25, 0.3) is 21.0 Å². The Morgan fingerprint density at radius 3 is 3.08 bits per heavy atom. The highest BCUT2D eigenvalue weighted by Gasteiger charge is 2.24. The van der Waals surface area contributed by atoms with E-state index >= 15 is 0 Å². The molecular formula is C21H20N2S. The number of nitrogens with one attached hydrogen (secondary N) is 2. The topological polar surface area (TPSA) is 27.8 Å². The number of aromatic amines is 1. The van der Waals surface area contributed by atoms with Gasteiger partial charge in [0.05, 0.1) is 6.04 Å². The minimum atomic E-state index is 0.370. The van der Waals surface area contributed by atoms with Crippen LogP contribution in [0.3, 0.4) is 0 Å². The van der Waals surface area contributed by atoms with Gasteiger partial charge in [0.25, 0.3) is 0 Å². The third-order valence-corrected chi connectivity index (χ3v) is 6.20. The molecule has 1 atom stereocenters. The molecule has 1 aliphatic rings. The van der Waals surface area contributed by atoms with Crippen molar-refractivity contribution in [2.45, 2.75) is 25.8 Å². The second-order valence-corrected chi connectivity index (χ2v) is 7.70. The van der Waals surface area contributed by atoms with Crippen LogP contribution in [0.2, 0.25) is 0 Å². The lowest BCUT2D eigenvalue weighted by Gasteiger charge is -2.24. The second kappa shape index (κ2) is 5.47. The first-order chi connectivity index (χ1) is 11.8. The van der Waals surface area contributed by atoms with Gasteiger partial charge in [0, 0.05) is 21.3 Å². The molecule has 0 radical (unpaired) electrons. The van der Waals surface area contributed by atoms with Crippen molar-refractivity contribution in [1.82, 2.24) is 10.3 Å². The largest absolute Gasteiger partial charge is 0.357 e. The summed E-state index contributed by atoms with van der Waals surface area (Å²) < 4.78 is 1.43.